The van der Waals surface area contributed by atoms with E-state index in [0.29, 0.717) is 0 Å². The van der Waals surface area contributed by atoms with E-state index in [1.54, 1.807) is 0 Å². The van der Waals surface area contributed by atoms with E-state index in [0.717, 1.165) is 0 Å². The van der Waals surface area contributed by atoms with Crippen LogP contribution in [0.1, 0.15) is 43.5 Å². The molecule has 0 saturated heterocycles. The molecule has 0 bridgehead atoms. The molecule has 1 rings (SSSR count). The summed E-state index contributed by atoms with van der Waals surface area (Å²) in [4.78, 5) is 0. The number of benzene rings is 1. The lowest BCUT2D eigenvalue weighted by Crippen LogP contribution is -2.39. The first kappa shape index (κ1) is 15.2. The highest BCUT2D eigenvalue weighted by Crippen LogP contribution is 2.28. The maximum atomic E-state index is 9.25. The Labute approximate surface area is 110 Å². The van der Waals surface area contributed by atoms with Crippen LogP contribution in [0.15, 0.2) is 18.2 Å². The van der Waals surface area contributed by atoms with Crippen LogP contribution in [0.3, 0.4) is 0 Å². The second-order valence-electron chi connectivity index (χ2n) is 5.93. The molecule has 2 atom stereocenters. The summed E-state index contributed by atoms with van der Waals surface area (Å²) in [5, 5.41) is 12.5. The standard InChI is InChI=1S/C15H26N2O/c1-10-6-7-11(15(2,3)4)8-12(10)14(17-5)13(16)9-18/h6-8,13-14,17-18H,9,16H2,1-5H3. The van der Waals surface area contributed by atoms with Crippen LogP contribution >= 0.6 is 0 Å². The topological polar surface area (TPSA) is 58.3 Å². The summed E-state index contributed by atoms with van der Waals surface area (Å²) in [6.45, 7) is 8.65. The normalized spacial score (nSPS) is 15.5. The van der Waals surface area contributed by atoms with E-state index < -0.39 is 0 Å². The third kappa shape index (κ3) is 3.31. The molecule has 0 aliphatic carbocycles. The Morgan fingerprint density at radius 2 is 1.94 bits per heavy atom. The zero-order valence-corrected chi connectivity index (χ0v) is 12.1. The van der Waals surface area contributed by atoms with Gasteiger partial charge in [-0.05, 0) is 36.1 Å². The highest BCUT2D eigenvalue weighted by atomic mass is 16.3. The predicted octanol–water partition coefficient (Wildman–Crippen LogP) is 1.87. The maximum absolute atomic E-state index is 9.25. The summed E-state index contributed by atoms with van der Waals surface area (Å²) in [6, 6.07) is 6.19. The van der Waals surface area contributed by atoms with E-state index >= 15 is 0 Å². The van der Waals surface area contributed by atoms with Gasteiger partial charge in [-0.3, -0.25) is 0 Å². The lowest BCUT2D eigenvalue weighted by atomic mass is 9.83. The molecule has 0 spiro atoms. The van der Waals surface area contributed by atoms with Gasteiger partial charge in [0.25, 0.3) is 0 Å². The molecular weight excluding hydrogens is 224 g/mol. The first-order valence-electron chi connectivity index (χ1n) is 6.46. The Morgan fingerprint density at radius 3 is 2.39 bits per heavy atom. The highest BCUT2D eigenvalue weighted by Gasteiger charge is 2.22. The number of nitrogens with two attached hydrogens (primary N) is 1. The fourth-order valence-corrected chi connectivity index (χ4v) is 2.15. The van der Waals surface area contributed by atoms with Gasteiger partial charge in [0.1, 0.15) is 0 Å². The summed E-state index contributed by atoms with van der Waals surface area (Å²) in [7, 11) is 1.88. The molecule has 4 N–H and O–H groups in total. The van der Waals surface area contributed by atoms with E-state index in [9.17, 15) is 5.11 Å². The van der Waals surface area contributed by atoms with E-state index in [-0.39, 0.29) is 24.1 Å². The van der Waals surface area contributed by atoms with Gasteiger partial charge in [-0.25, -0.2) is 0 Å². The molecule has 3 heteroatoms. The number of hydrogen-bond acceptors (Lipinski definition) is 3. The Bertz CT molecular complexity index is 396. The van der Waals surface area contributed by atoms with Crippen LogP contribution in [-0.2, 0) is 5.41 Å². The monoisotopic (exact) mass is 250 g/mol. The Kier molecular flexibility index (Phi) is 4.91. The smallest absolute Gasteiger partial charge is 0.0601 e. The fourth-order valence-electron chi connectivity index (χ4n) is 2.15. The van der Waals surface area contributed by atoms with E-state index in [1.165, 1.54) is 16.7 Å². The largest absolute Gasteiger partial charge is 0.395 e. The van der Waals surface area contributed by atoms with Crippen molar-refractivity contribution in [3.8, 4) is 0 Å². The Balaban J connectivity index is 3.21. The van der Waals surface area contributed by atoms with Gasteiger partial charge in [0.05, 0.1) is 6.61 Å². The second-order valence-corrected chi connectivity index (χ2v) is 5.93. The van der Waals surface area contributed by atoms with Crippen molar-refractivity contribution in [2.24, 2.45) is 5.73 Å². The minimum absolute atomic E-state index is 0.0164. The number of nitrogens with one attached hydrogen (secondary N) is 1. The molecule has 0 fully saturated rings. The van der Waals surface area contributed by atoms with Crippen molar-refractivity contribution < 1.29 is 5.11 Å². The summed E-state index contributed by atoms with van der Waals surface area (Å²) in [5.41, 5.74) is 9.75. The minimum atomic E-state index is -0.288. The quantitative estimate of drug-likeness (QED) is 0.764. The molecular formula is C15H26N2O. The van der Waals surface area contributed by atoms with Crippen molar-refractivity contribution >= 4 is 0 Å². The lowest BCUT2D eigenvalue weighted by molar-refractivity contribution is 0.240. The van der Waals surface area contributed by atoms with E-state index in [2.05, 4.69) is 51.2 Å². The van der Waals surface area contributed by atoms with Crippen LogP contribution in [0.4, 0.5) is 0 Å². The molecule has 0 aromatic heterocycles. The highest BCUT2D eigenvalue weighted by molar-refractivity contribution is 5.37. The molecule has 0 aliphatic heterocycles. The molecule has 0 radical (unpaired) electrons. The van der Waals surface area contributed by atoms with Gasteiger partial charge in [0.2, 0.25) is 0 Å². The van der Waals surface area contributed by atoms with E-state index in [1.807, 2.05) is 7.05 Å². The molecule has 1 aromatic carbocycles. The summed E-state index contributed by atoms with van der Waals surface area (Å²) >= 11 is 0. The van der Waals surface area contributed by atoms with Crippen molar-refractivity contribution in [1.82, 2.24) is 5.32 Å². The van der Waals surface area contributed by atoms with Gasteiger partial charge in [0.15, 0.2) is 0 Å². The zero-order valence-electron chi connectivity index (χ0n) is 12.1. The number of hydrogen-bond donors (Lipinski definition) is 3. The lowest BCUT2D eigenvalue weighted by Gasteiger charge is -2.27. The van der Waals surface area contributed by atoms with Crippen LogP contribution in [0.2, 0.25) is 0 Å². The average Bonchev–Trinajstić information content (AvgIpc) is 2.30. The summed E-state index contributed by atoms with van der Waals surface area (Å²) in [5.74, 6) is 0. The predicted molar refractivity (Wildman–Crippen MR) is 76.7 cm³/mol. The Hall–Kier alpha value is -0.900. The van der Waals surface area contributed by atoms with Crippen LogP contribution in [-0.4, -0.2) is 24.8 Å². The third-order valence-corrected chi connectivity index (χ3v) is 3.43. The van der Waals surface area contributed by atoms with Crippen molar-refractivity contribution in [2.75, 3.05) is 13.7 Å². The Morgan fingerprint density at radius 1 is 1.33 bits per heavy atom. The molecule has 2 unspecified atom stereocenters. The van der Waals surface area contributed by atoms with Crippen molar-refractivity contribution in [1.29, 1.82) is 0 Å². The third-order valence-electron chi connectivity index (χ3n) is 3.43. The van der Waals surface area contributed by atoms with Crippen LogP contribution in [0, 0.1) is 6.92 Å². The second kappa shape index (κ2) is 5.83. The molecule has 0 heterocycles. The molecule has 0 amide bonds. The molecule has 0 saturated carbocycles. The van der Waals surface area contributed by atoms with E-state index in [4.69, 9.17) is 5.73 Å². The number of likely N-dealkylation sites (N-methyl/N-ethyl adjacent to an activating group) is 1. The number of rotatable bonds is 4. The minimum Gasteiger partial charge on any atom is -0.395 e. The van der Waals surface area contributed by atoms with Gasteiger partial charge in [-0.1, -0.05) is 39.0 Å². The van der Waals surface area contributed by atoms with Gasteiger partial charge in [-0.2, -0.15) is 0 Å². The number of aliphatic hydroxyl groups excluding tert-OH is 1. The number of aryl methyl sites for hydroxylation is 1. The van der Waals surface area contributed by atoms with Gasteiger partial charge in [-0.15, -0.1) is 0 Å². The van der Waals surface area contributed by atoms with Gasteiger partial charge in [0, 0.05) is 12.1 Å². The van der Waals surface area contributed by atoms with Crippen LogP contribution < -0.4 is 11.1 Å². The fraction of sp³-hybridized carbons (Fsp3) is 0.600. The number of aliphatic hydroxyl groups is 1. The van der Waals surface area contributed by atoms with Gasteiger partial charge >= 0.3 is 0 Å². The molecule has 18 heavy (non-hydrogen) atoms. The average molecular weight is 250 g/mol. The molecule has 1 aromatic rings. The maximum Gasteiger partial charge on any atom is 0.0601 e. The molecule has 0 aliphatic rings. The van der Waals surface area contributed by atoms with Gasteiger partial charge < -0.3 is 16.2 Å². The first-order chi connectivity index (χ1) is 8.31. The summed E-state index contributed by atoms with van der Waals surface area (Å²) < 4.78 is 0. The first-order valence-corrected chi connectivity index (χ1v) is 6.46. The summed E-state index contributed by atoms with van der Waals surface area (Å²) in [6.07, 6.45) is 0. The van der Waals surface area contributed by atoms with Crippen molar-refractivity contribution in [3.05, 3.63) is 34.9 Å². The SMILES string of the molecule is CNC(c1cc(C(C)(C)C)ccc1C)C(N)CO. The molecule has 102 valence electrons. The van der Waals surface area contributed by atoms with Crippen molar-refractivity contribution in [3.63, 3.8) is 0 Å². The molecule has 3 nitrogen and oxygen atoms in total. The van der Waals surface area contributed by atoms with Crippen LogP contribution in [0.5, 0.6) is 0 Å². The van der Waals surface area contributed by atoms with Crippen LogP contribution in [0.25, 0.3) is 0 Å². The zero-order chi connectivity index (χ0) is 13.9. The van der Waals surface area contributed by atoms with Crippen molar-refractivity contribution in [2.45, 2.75) is 45.2 Å².